The quantitative estimate of drug-likeness (QED) is 0.384. The molecule has 0 saturated carbocycles. The molecule has 0 aromatic heterocycles. The summed E-state index contributed by atoms with van der Waals surface area (Å²) in [4.78, 5) is 11.0. The summed E-state index contributed by atoms with van der Waals surface area (Å²) in [5.74, 6) is 2.40. The predicted molar refractivity (Wildman–Crippen MR) is 124 cm³/mol. The summed E-state index contributed by atoms with van der Waals surface area (Å²) in [7, 11) is 0. The minimum absolute atomic E-state index is 0.432. The molecule has 0 aliphatic heterocycles. The third-order valence-corrected chi connectivity index (χ3v) is 4.95. The lowest BCUT2D eigenvalue weighted by atomic mass is 10.0. The van der Waals surface area contributed by atoms with Gasteiger partial charge in [-0.2, -0.15) is 0 Å². The Morgan fingerprint density at radius 1 is 0.742 bits per heavy atom. The van der Waals surface area contributed by atoms with Gasteiger partial charge in [0.15, 0.2) is 0 Å². The molecule has 0 aliphatic rings. The predicted octanol–water partition coefficient (Wildman–Crippen LogP) is 7.62. The molecule has 4 nitrogen and oxygen atoms in total. The second kappa shape index (κ2) is 9.98. The van der Waals surface area contributed by atoms with Gasteiger partial charge in [-0.3, -0.25) is 0 Å². The zero-order valence-corrected chi connectivity index (χ0v) is 18.3. The van der Waals surface area contributed by atoms with E-state index >= 15 is 0 Å². The molecule has 31 heavy (non-hydrogen) atoms. The minimum atomic E-state index is -1.02. The Morgan fingerprint density at radius 3 is 1.71 bits per heavy atom. The van der Waals surface area contributed by atoms with Crippen LogP contribution in [0.4, 0.5) is 0 Å². The lowest BCUT2D eigenvalue weighted by Crippen LogP contribution is -1.93. The molecular formula is C27H28O4. The van der Waals surface area contributed by atoms with Crippen molar-refractivity contribution < 1.29 is 19.4 Å². The molecule has 0 radical (unpaired) electrons. The van der Waals surface area contributed by atoms with Crippen molar-refractivity contribution in [3.8, 4) is 23.0 Å². The van der Waals surface area contributed by atoms with Crippen LogP contribution in [-0.4, -0.2) is 11.1 Å². The number of hydrogen-bond acceptors (Lipinski definition) is 3. The first-order valence-corrected chi connectivity index (χ1v) is 10.4. The Hall–Kier alpha value is -3.53. The molecule has 0 unspecified atom stereocenters. The minimum Gasteiger partial charge on any atom is -0.478 e. The number of benzene rings is 3. The molecule has 0 heterocycles. The number of hydrogen-bond donors (Lipinski definition) is 1. The van der Waals surface area contributed by atoms with Crippen LogP contribution in [0.5, 0.6) is 23.0 Å². The molecule has 0 amide bonds. The maximum atomic E-state index is 11.0. The number of carboxylic acid groups (broad SMARTS) is 1. The van der Waals surface area contributed by atoms with Gasteiger partial charge in [0.1, 0.15) is 23.0 Å². The Labute approximate surface area is 183 Å². The van der Waals surface area contributed by atoms with Crippen LogP contribution in [0, 0.1) is 0 Å². The van der Waals surface area contributed by atoms with Gasteiger partial charge in [-0.25, -0.2) is 4.79 Å². The van der Waals surface area contributed by atoms with Crippen LogP contribution in [0.1, 0.15) is 56.2 Å². The number of ether oxygens (including phenoxy) is 2. The fourth-order valence-electron chi connectivity index (χ4n) is 3.07. The summed E-state index contributed by atoms with van der Waals surface area (Å²) in [6.45, 7) is 8.57. The van der Waals surface area contributed by atoms with Crippen molar-refractivity contribution in [1.82, 2.24) is 0 Å². The number of carboxylic acids is 1. The summed E-state index contributed by atoms with van der Waals surface area (Å²) in [6, 6.07) is 21.2. The van der Waals surface area contributed by atoms with Gasteiger partial charge in [-0.1, -0.05) is 52.0 Å². The average molecular weight is 417 g/mol. The van der Waals surface area contributed by atoms with Crippen molar-refractivity contribution in [2.45, 2.75) is 39.5 Å². The van der Waals surface area contributed by atoms with Crippen LogP contribution in [0.25, 0.3) is 6.08 Å². The molecule has 0 saturated heterocycles. The van der Waals surface area contributed by atoms with E-state index in [1.807, 2.05) is 36.4 Å². The van der Waals surface area contributed by atoms with Crippen LogP contribution in [-0.2, 0) is 4.79 Å². The molecule has 3 aromatic carbocycles. The van der Waals surface area contributed by atoms with E-state index in [9.17, 15) is 4.79 Å². The van der Waals surface area contributed by atoms with E-state index in [4.69, 9.17) is 14.6 Å². The Kier molecular flexibility index (Phi) is 7.14. The molecule has 0 spiro atoms. The van der Waals surface area contributed by atoms with E-state index in [2.05, 4.69) is 39.8 Å². The van der Waals surface area contributed by atoms with E-state index in [0.717, 1.165) is 11.8 Å². The third-order valence-electron chi connectivity index (χ3n) is 4.95. The fraction of sp³-hybridized carbons (Fsp3) is 0.222. The number of carbonyl (C=O) groups is 1. The first-order valence-electron chi connectivity index (χ1n) is 10.4. The average Bonchev–Trinajstić information content (AvgIpc) is 2.74. The Bertz CT molecular complexity index is 1050. The summed E-state index contributed by atoms with van der Waals surface area (Å²) < 4.78 is 12.1. The van der Waals surface area contributed by atoms with Crippen LogP contribution in [0.2, 0.25) is 0 Å². The molecule has 0 aliphatic carbocycles. The first-order chi connectivity index (χ1) is 14.8. The lowest BCUT2D eigenvalue weighted by molar-refractivity contribution is -0.131. The monoisotopic (exact) mass is 416 g/mol. The van der Waals surface area contributed by atoms with Crippen molar-refractivity contribution in [2.75, 3.05) is 0 Å². The number of aliphatic carboxylic acids is 1. The first kappa shape index (κ1) is 22.2. The van der Waals surface area contributed by atoms with Gasteiger partial charge < -0.3 is 14.6 Å². The molecule has 0 atom stereocenters. The van der Waals surface area contributed by atoms with Crippen molar-refractivity contribution in [3.63, 3.8) is 0 Å². The van der Waals surface area contributed by atoms with E-state index < -0.39 is 5.97 Å². The molecule has 0 fully saturated rings. The van der Waals surface area contributed by atoms with E-state index in [-0.39, 0.29) is 0 Å². The van der Waals surface area contributed by atoms with E-state index in [1.165, 1.54) is 17.2 Å². The van der Waals surface area contributed by atoms with Gasteiger partial charge in [0.05, 0.1) is 0 Å². The van der Waals surface area contributed by atoms with Crippen molar-refractivity contribution in [3.05, 3.63) is 89.5 Å². The highest BCUT2D eigenvalue weighted by atomic mass is 16.5. The molecule has 4 heteroatoms. The Balaban J connectivity index is 1.87. The summed E-state index contributed by atoms with van der Waals surface area (Å²) in [5, 5.41) is 9.00. The maximum Gasteiger partial charge on any atom is 0.328 e. The van der Waals surface area contributed by atoms with Crippen molar-refractivity contribution >= 4 is 12.0 Å². The smallest absolute Gasteiger partial charge is 0.328 e. The van der Waals surface area contributed by atoms with Gasteiger partial charge in [-0.15, -0.1) is 0 Å². The molecule has 160 valence electrons. The normalized spacial score (nSPS) is 11.3. The van der Waals surface area contributed by atoms with Gasteiger partial charge in [-0.05, 0) is 65.4 Å². The second-order valence-electron chi connectivity index (χ2n) is 8.02. The van der Waals surface area contributed by atoms with E-state index in [1.54, 1.807) is 18.2 Å². The van der Waals surface area contributed by atoms with Crippen LogP contribution in [0.3, 0.4) is 0 Å². The second-order valence-corrected chi connectivity index (χ2v) is 8.02. The highest BCUT2D eigenvalue weighted by Gasteiger charge is 2.09. The van der Waals surface area contributed by atoms with Crippen LogP contribution in [0.15, 0.2) is 72.8 Å². The molecule has 0 bridgehead atoms. The number of rotatable bonds is 8. The summed E-state index contributed by atoms with van der Waals surface area (Å²) >= 11 is 0. The van der Waals surface area contributed by atoms with E-state index in [0.29, 0.717) is 34.6 Å². The Morgan fingerprint density at radius 2 is 1.23 bits per heavy atom. The van der Waals surface area contributed by atoms with Gasteiger partial charge in [0.25, 0.3) is 0 Å². The molecule has 1 N–H and O–H groups in total. The fourth-order valence-corrected chi connectivity index (χ4v) is 3.07. The summed E-state index contributed by atoms with van der Waals surface area (Å²) in [5.41, 5.74) is 3.12. The van der Waals surface area contributed by atoms with Gasteiger partial charge in [0, 0.05) is 17.7 Å². The molecular weight excluding hydrogens is 388 g/mol. The van der Waals surface area contributed by atoms with Gasteiger partial charge in [0.2, 0.25) is 0 Å². The zero-order chi connectivity index (χ0) is 22.4. The van der Waals surface area contributed by atoms with Crippen molar-refractivity contribution in [1.29, 1.82) is 0 Å². The highest BCUT2D eigenvalue weighted by molar-refractivity contribution is 5.86. The van der Waals surface area contributed by atoms with Crippen molar-refractivity contribution in [2.24, 2.45) is 0 Å². The largest absolute Gasteiger partial charge is 0.478 e. The third kappa shape index (κ3) is 6.22. The lowest BCUT2D eigenvalue weighted by Gasteiger charge is -2.13. The molecule has 3 aromatic rings. The maximum absolute atomic E-state index is 11.0. The molecule has 3 rings (SSSR count). The van der Waals surface area contributed by atoms with Crippen LogP contribution >= 0.6 is 0 Å². The standard InChI is InChI=1S/C27H28O4/c1-18(2)20-5-11-23(12-6-20)30-25-15-9-22(10-16-27(28)29)26(17-25)31-24-13-7-21(8-14-24)19(3)4/h5-19H,1-4H3,(H,28,29)/b16-10-. The van der Waals surface area contributed by atoms with Crippen LogP contribution < -0.4 is 9.47 Å². The summed E-state index contributed by atoms with van der Waals surface area (Å²) in [6.07, 6.45) is 2.61. The topological polar surface area (TPSA) is 55.8 Å². The SMILES string of the molecule is CC(C)c1ccc(Oc2ccc(/C=C\C(=O)O)c(Oc3ccc(C(C)C)cc3)c2)cc1. The van der Waals surface area contributed by atoms with Gasteiger partial charge >= 0.3 is 5.97 Å². The highest BCUT2D eigenvalue weighted by Crippen LogP contribution is 2.33. The zero-order valence-electron chi connectivity index (χ0n) is 18.3.